The lowest BCUT2D eigenvalue weighted by atomic mass is 10.1. The molecule has 27 heavy (non-hydrogen) atoms. The molecule has 0 fully saturated rings. The molecule has 4 rings (SSSR count). The topological polar surface area (TPSA) is 62.6 Å². The van der Waals surface area contributed by atoms with E-state index >= 15 is 0 Å². The average molecular weight is 421 g/mol. The van der Waals surface area contributed by atoms with Gasteiger partial charge in [-0.25, -0.2) is 8.42 Å². The first-order valence-electron chi connectivity index (χ1n) is 8.03. The lowest BCUT2D eigenvalue weighted by Crippen LogP contribution is -2.39. The largest absolute Gasteiger partial charge is 0.467 e. The van der Waals surface area contributed by atoms with E-state index in [-0.39, 0.29) is 4.90 Å². The minimum atomic E-state index is -3.85. The van der Waals surface area contributed by atoms with E-state index in [0.717, 1.165) is 5.56 Å². The number of sulfonamides is 1. The fraction of sp³-hybridized carbons (Fsp3) is 0.0526. The van der Waals surface area contributed by atoms with Crippen molar-refractivity contribution in [1.29, 1.82) is 0 Å². The van der Waals surface area contributed by atoms with E-state index in [4.69, 9.17) is 27.6 Å². The van der Waals surface area contributed by atoms with Crippen LogP contribution < -0.4 is 5.43 Å². The van der Waals surface area contributed by atoms with Crippen molar-refractivity contribution in [2.24, 2.45) is 0 Å². The van der Waals surface area contributed by atoms with Crippen molar-refractivity contribution >= 4 is 38.9 Å². The predicted molar refractivity (Wildman–Crippen MR) is 104 cm³/mol. The molecule has 2 aromatic carbocycles. The Morgan fingerprint density at radius 2 is 1.56 bits per heavy atom. The average Bonchev–Trinajstić information content (AvgIpc) is 3.32. The van der Waals surface area contributed by atoms with Crippen molar-refractivity contribution in [2.45, 2.75) is 10.9 Å². The second kappa shape index (κ2) is 7.05. The Morgan fingerprint density at radius 3 is 2.15 bits per heavy atom. The summed E-state index contributed by atoms with van der Waals surface area (Å²) in [4.78, 5) is 0.127. The number of rotatable bonds is 4. The van der Waals surface area contributed by atoms with Crippen LogP contribution in [0.1, 0.15) is 17.4 Å². The van der Waals surface area contributed by atoms with Gasteiger partial charge in [0.05, 0.1) is 16.9 Å². The lowest BCUT2D eigenvalue weighted by Gasteiger charge is -2.23. The van der Waals surface area contributed by atoms with Crippen LogP contribution in [0.5, 0.6) is 0 Å². The Labute approximate surface area is 166 Å². The Balaban J connectivity index is 1.75. The van der Waals surface area contributed by atoms with Gasteiger partial charge in [0.25, 0.3) is 10.0 Å². The Kier molecular flexibility index (Phi) is 4.74. The first-order chi connectivity index (χ1) is 12.9. The zero-order chi connectivity index (χ0) is 19.0. The zero-order valence-corrected chi connectivity index (χ0v) is 16.2. The number of nitrogens with zero attached hydrogens (tertiary/aromatic N) is 1. The third kappa shape index (κ3) is 3.49. The maximum Gasteiger partial charge on any atom is 0.260 e. The van der Waals surface area contributed by atoms with Crippen LogP contribution in [-0.4, -0.2) is 12.8 Å². The highest BCUT2D eigenvalue weighted by atomic mass is 35.5. The fourth-order valence-electron chi connectivity index (χ4n) is 2.83. The highest BCUT2D eigenvalue weighted by molar-refractivity contribution is 7.89. The SMILES string of the molecule is O=S(=O)(c1ccc(Cl)cc1)N1NC(c2ccc(Cl)cc2)=C[C@H]1c1ccco1. The monoisotopic (exact) mass is 420 g/mol. The smallest absolute Gasteiger partial charge is 0.260 e. The van der Waals surface area contributed by atoms with E-state index in [9.17, 15) is 8.42 Å². The standard InChI is InChI=1S/C19H14Cl2N2O3S/c20-14-5-3-13(4-6-14)17-12-18(19-2-1-11-26-19)23(22-17)27(24,25)16-9-7-15(21)8-10-16/h1-12,18,22H/t18-/m0/s1. The number of hydrogen-bond acceptors (Lipinski definition) is 4. The van der Waals surface area contributed by atoms with Gasteiger partial charge in [-0.2, -0.15) is 0 Å². The number of hydrazine groups is 1. The number of nitrogens with one attached hydrogen (secondary N) is 1. The second-order valence-corrected chi connectivity index (χ2v) is 8.60. The molecule has 0 aliphatic carbocycles. The van der Waals surface area contributed by atoms with Gasteiger partial charge < -0.3 is 9.84 Å². The summed E-state index contributed by atoms with van der Waals surface area (Å²) in [5, 5.41) is 1.07. The van der Waals surface area contributed by atoms with Crippen molar-refractivity contribution in [2.75, 3.05) is 0 Å². The summed E-state index contributed by atoms with van der Waals surface area (Å²) in [6.07, 6.45) is 3.31. The first kappa shape index (κ1) is 18.1. The normalized spacial score (nSPS) is 17.6. The van der Waals surface area contributed by atoms with Crippen LogP contribution in [0.4, 0.5) is 0 Å². The summed E-state index contributed by atoms with van der Waals surface area (Å²) in [7, 11) is -3.85. The molecule has 1 aliphatic heterocycles. The molecule has 0 saturated heterocycles. The van der Waals surface area contributed by atoms with Crippen LogP contribution in [0.2, 0.25) is 10.0 Å². The van der Waals surface area contributed by atoms with E-state index in [1.807, 2.05) is 12.1 Å². The van der Waals surface area contributed by atoms with Crippen molar-refractivity contribution in [3.8, 4) is 0 Å². The van der Waals surface area contributed by atoms with E-state index in [1.54, 1.807) is 42.5 Å². The molecular weight excluding hydrogens is 407 g/mol. The molecular formula is C19H14Cl2N2O3S. The predicted octanol–water partition coefficient (Wildman–Crippen LogP) is 4.88. The van der Waals surface area contributed by atoms with Gasteiger partial charge in [0.1, 0.15) is 11.8 Å². The highest BCUT2D eigenvalue weighted by Crippen LogP contribution is 2.35. The molecule has 0 radical (unpaired) electrons. The quantitative estimate of drug-likeness (QED) is 0.653. The Bertz CT molecular complexity index is 1080. The number of benzene rings is 2. The van der Waals surface area contributed by atoms with Gasteiger partial charge in [-0.15, -0.1) is 0 Å². The van der Waals surface area contributed by atoms with Gasteiger partial charge in [-0.3, -0.25) is 0 Å². The molecule has 138 valence electrons. The molecule has 0 spiro atoms. The zero-order valence-electron chi connectivity index (χ0n) is 13.8. The summed E-state index contributed by atoms with van der Waals surface area (Å²) in [5.41, 5.74) is 4.44. The van der Waals surface area contributed by atoms with Crippen molar-refractivity contribution in [3.63, 3.8) is 0 Å². The lowest BCUT2D eigenvalue weighted by molar-refractivity contribution is 0.310. The van der Waals surface area contributed by atoms with Gasteiger partial charge >= 0.3 is 0 Å². The minimum Gasteiger partial charge on any atom is -0.467 e. The second-order valence-electron chi connectivity index (χ2n) is 5.91. The van der Waals surface area contributed by atoms with Crippen LogP contribution in [-0.2, 0) is 10.0 Å². The van der Waals surface area contributed by atoms with E-state index in [2.05, 4.69) is 5.43 Å². The number of furan rings is 1. The third-order valence-electron chi connectivity index (χ3n) is 4.17. The number of halogens is 2. The highest BCUT2D eigenvalue weighted by Gasteiger charge is 2.38. The van der Waals surface area contributed by atoms with Crippen LogP contribution in [0.25, 0.3) is 5.70 Å². The molecule has 3 aromatic rings. The summed E-state index contributed by atoms with van der Waals surface area (Å²) in [6, 6.07) is 16.0. The van der Waals surface area contributed by atoms with Crippen LogP contribution in [0, 0.1) is 0 Å². The van der Waals surface area contributed by atoms with Crippen molar-refractivity contribution in [1.82, 2.24) is 9.84 Å². The van der Waals surface area contributed by atoms with Crippen LogP contribution in [0.15, 0.2) is 82.3 Å². The van der Waals surface area contributed by atoms with Crippen molar-refractivity contribution in [3.05, 3.63) is 94.4 Å². The fourth-order valence-corrected chi connectivity index (χ4v) is 4.47. The first-order valence-corrected chi connectivity index (χ1v) is 10.2. The molecule has 8 heteroatoms. The van der Waals surface area contributed by atoms with E-state index in [0.29, 0.717) is 21.5 Å². The van der Waals surface area contributed by atoms with Gasteiger partial charge in [0, 0.05) is 10.0 Å². The molecule has 1 atom stereocenters. The van der Waals surface area contributed by atoms with Crippen LogP contribution in [0.3, 0.4) is 0 Å². The molecule has 1 aliphatic rings. The third-order valence-corrected chi connectivity index (χ3v) is 6.38. The molecule has 1 aromatic heterocycles. The maximum atomic E-state index is 13.2. The molecule has 0 saturated carbocycles. The maximum absolute atomic E-state index is 13.2. The van der Waals surface area contributed by atoms with Crippen molar-refractivity contribution < 1.29 is 12.8 Å². The molecule has 2 heterocycles. The molecule has 1 N–H and O–H groups in total. The Morgan fingerprint density at radius 1 is 0.926 bits per heavy atom. The summed E-state index contributed by atoms with van der Waals surface area (Å²) in [5.74, 6) is 0.504. The Hall–Kier alpha value is -2.25. The summed E-state index contributed by atoms with van der Waals surface area (Å²) < 4.78 is 33.1. The van der Waals surface area contributed by atoms with E-state index < -0.39 is 16.1 Å². The van der Waals surface area contributed by atoms with Gasteiger partial charge in [-0.05, 0) is 60.2 Å². The van der Waals surface area contributed by atoms with Gasteiger partial charge in [0.2, 0.25) is 0 Å². The van der Waals surface area contributed by atoms with Crippen LogP contribution >= 0.6 is 23.2 Å². The molecule has 0 bridgehead atoms. The summed E-state index contributed by atoms with van der Waals surface area (Å²) in [6.45, 7) is 0. The molecule has 0 amide bonds. The molecule has 5 nitrogen and oxygen atoms in total. The minimum absolute atomic E-state index is 0.127. The number of hydrogen-bond donors (Lipinski definition) is 1. The van der Waals surface area contributed by atoms with Gasteiger partial charge in [0.15, 0.2) is 0 Å². The summed E-state index contributed by atoms with van der Waals surface area (Å²) >= 11 is 11.8. The van der Waals surface area contributed by atoms with Gasteiger partial charge in [-0.1, -0.05) is 39.7 Å². The van der Waals surface area contributed by atoms with E-state index in [1.165, 1.54) is 22.8 Å². The molecule has 0 unspecified atom stereocenters.